The maximum absolute atomic E-state index is 11.2. The van der Waals surface area contributed by atoms with Crippen LogP contribution in [0.2, 0.25) is 0 Å². The van der Waals surface area contributed by atoms with Crippen LogP contribution in [0.1, 0.15) is 71.1 Å². The Hall–Kier alpha value is -1.63. The predicted molar refractivity (Wildman–Crippen MR) is 85.5 cm³/mol. The van der Waals surface area contributed by atoms with Crippen LogP contribution in [0.4, 0.5) is 0 Å². The van der Waals surface area contributed by atoms with Crippen molar-refractivity contribution in [3.63, 3.8) is 0 Å². The van der Waals surface area contributed by atoms with Gasteiger partial charge in [-0.1, -0.05) is 58.3 Å². The first-order chi connectivity index (χ1) is 10.9. The van der Waals surface area contributed by atoms with Crippen molar-refractivity contribution in [1.82, 2.24) is 5.32 Å². The minimum Gasteiger partial charge on any atom is -0.481 e. The van der Waals surface area contributed by atoms with E-state index in [9.17, 15) is 14.4 Å². The molecule has 7 heteroatoms. The molecule has 0 saturated heterocycles. The highest BCUT2D eigenvalue weighted by Gasteiger charge is 2.27. The predicted octanol–water partition coefficient (Wildman–Crippen LogP) is 2.49. The standard InChI is InChI=1S/C16H29NO6/c1-2-3-4-5-6-7-8-9-10-12(15(20)21)17-13(16(22)23)11-14(18)19/h12-13,17H,2-11H2,1H3,(H,18,19)(H,20,21)(H,22,23). The summed E-state index contributed by atoms with van der Waals surface area (Å²) in [5, 5.41) is 29.2. The number of rotatable bonds is 15. The monoisotopic (exact) mass is 331 g/mol. The molecule has 0 aliphatic carbocycles. The number of carbonyl (C=O) groups is 3. The summed E-state index contributed by atoms with van der Waals surface area (Å²) >= 11 is 0. The Morgan fingerprint density at radius 1 is 0.783 bits per heavy atom. The molecule has 0 aromatic rings. The fourth-order valence-electron chi connectivity index (χ4n) is 2.40. The molecule has 0 saturated carbocycles. The molecular formula is C16H29NO6. The van der Waals surface area contributed by atoms with Gasteiger partial charge in [-0.05, 0) is 6.42 Å². The Labute approximate surface area is 137 Å². The van der Waals surface area contributed by atoms with E-state index in [1.54, 1.807) is 0 Å². The summed E-state index contributed by atoms with van der Waals surface area (Å²) in [7, 11) is 0. The zero-order valence-electron chi connectivity index (χ0n) is 13.8. The Morgan fingerprint density at radius 2 is 1.26 bits per heavy atom. The maximum Gasteiger partial charge on any atom is 0.321 e. The van der Waals surface area contributed by atoms with Crippen LogP contribution in [0.15, 0.2) is 0 Å². The average Bonchev–Trinajstić information content (AvgIpc) is 2.46. The van der Waals surface area contributed by atoms with Gasteiger partial charge in [0, 0.05) is 0 Å². The van der Waals surface area contributed by atoms with Crippen LogP contribution in [-0.2, 0) is 14.4 Å². The highest BCUT2D eigenvalue weighted by atomic mass is 16.4. The molecule has 0 spiro atoms. The van der Waals surface area contributed by atoms with Crippen molar-refractivity contribution >= 4 is 17.9 Å². The summed E-state index contributed by atoms with van der Waals surface area (Å²) in [5.41, 5.74) is 0. The Kier molecular flexibility index (Phi) is 12.0. The van der Waals surface area contributed by atoms with Crippen LogP contribution in [0.3, 0.4) is 0 Å². The molecule has 0 amide bonds. The lowest BCUT2D eigenvalue weighted by Crippen LogP contribution is -2.48. The molecule has 0 fully saturated rings. The third kappa shape index (κ3) is 11.6. The molecule has 4 N–H and O–H groups in total. The first-order valence-corrected chi connectivity index (χ1v) is 8.32. The molecule has 23 heavy (non-hydrogen) atoms. The molecule has 2 unspecified atom stereocenters. The van der Waals surface area contributed by atoms with Crippen molar-refractivity contribution in [1.29, 1.82) is 0 Å². The van der Waals surface area contributed by atoms with Crippen molar-refractivity contribution < 1.29 is 29.7 Å². The van der Waals surface area contributed by atoms with Gasteiger partial charge >= 0.3 is 17.9 Å². The number of hydrogen-bond donors (Lipinski definition) is 4. The Balaban J connectivity index is 4.08. The van der Waals surface area contributed by atoms with Gasteiger partial charge in [-0.3, -0.25) is 19.7 Å². The molecule has 0 aliphatic heterocycles. The SMILES string of the molecule is CCCCCCCCCCC(NC(CC(=O)O)C(=O)O)C(=O)O. The second kappa shape index (κ2) is 12.9. The lowest BCUT2D eigenvalue weighted by molar-refractivity contribution is -0.147. The molecule has 7 nitrogen and oxygen atoms in total. The summed E-state index contributed by atoms with van der Waals surface area (Å²) in [6.07, 6.45) is 8.25. The van der Waals surface area contributed by atoms with Gasteiger partial charge in [0.25, 0.3) is 0 Å². The average molecular weight is 331 g/mol. The summed E-state index contributed by atoms with van der Waals surface area (Å²) in [6, 6.07) is -2.42. The minimum absolute atomic E-state index is 0.299. The maximum atomic E-state index is 11.2. The fourth-order valence-corrected chi connectivity index (χ4v) is 2.40. The van der Waals surface area contributed by atoms with Gasteiger partial charge in [0.05, 0.1) is 6.42 Å². The van der Waals surface area contributed by atoms with Crippen LogP contribution >= 0.6 is 0 Å². The second-order valence-electron chi connectivity index (χ2n) is 5.81. The normalized spacial score (nSPS) is 13.4. The van der Waals surface area contributed by atoms with Crippen LogP contribution in [-0.4, -0.2) is 45.3 Å². The van der Waals surface area contributed by atoms with Gasteiger partial charge in [-0.2, -0.15) is 0 Å². The van der Waals surface area contributed by atoms with E-state index in [1.807, 2.05) is 0 Å². The third-order valence-electron chi connectivity index (χ3n) is 3.72. The van der Waals surface area contributed by atoms with Crippen molar-refractivity contribution in [2.45, 2.75) is 83.2 Å². The first kappa shape index (κ1) is 21.4. The molecule has 0 rings (SSSR count). The van der Waals surface area contributed by atoms with Crippen LogP contribution in [0.25, 0.3) is 0 Å². The molecule has 0 bridgehead atoms. The number of aliphatic carboxylic acids is 3. The van der Waals surface area contributed by atoms with Crippen LogP contribution in [0.5, 0.6) is 0 Å². The Bertz CT molecular complexity index is 372. The van der Waals surface area contributed by atoms with E-state index in [0.717, 1.165) is 19.3 Å². The van der Waals surface area contributed by atoms with Crippen molar-refractivity contribution in [2.75, 3.05) is 0 Å². The Morgan fingerprint density at radius 3 is 1.70 bits per heavy atom. The molecule has 0 aromatic carbocycles. The number of hydrogen-bond acceptors (Lipinski definition) is 4. The number of carboxylic acids is 3. The molecule has 134 valence electrons. The van der Waals surface area contributed by atoms with Crippen LogP contribution < -0.4 is 5.32 Å². The second-order valence-corrected chi connectivity index (χ2v) is 5.81. The summed E-state index contributed by atoms with van der Waals surface area (Å²) in [5.74, 6) is -3.78. The van der Waals surface area contributed by atoms with Gasteiger partial charge in [-0.15, -0.1) is 0 Å². The smallest absolute Gasteiger partial charge is 0.321 e. The van der Waals surface area contributed by atoms with E-state index in [-0.39, 0.29) is 0 Å². The summed E-state index contributed by atoms with van der Waals surface area (Å²) < 4.78 is 0. The van der Waals surface area contributed by atoms with E-state index >= 15 is 0 Å². The highest BCUT2D eigenvalue weighted by molar-refractivity contribution is 5.82. The van der Waals surface area contributed by atoms with E-state index in [4.69, 9.17) is 15.3 Å². The fraction of sp³-hybridized carbons (Fsp3) is 0.812. The lowest BCUT2D eigenvalue weighted by atomic mass is 10.0. The van der Waals surface area contributed by atoms with Gasteiger partial charge in [0.1, 0.15) is 12.1 Å². The first-order valence-electron chi connectivity index (χ1n) is 8.32. The molecule has 0 radical (unpaired) electrons. The van der Waals surface area contributed by atoms with Crippen molar-refractivity contribution in [3.8, 4) is 0 Å². The summed E-state index contributed by atoms with van der Waals surface area (Å²) in [4.78, 5) is 32.8. The molecule has 0 aromatic heterocycles. The topological polar surface area (TPSA) is 124 Å². The van der Waals surface area contributed by atoms with E-state index < -0.39 is 36.4 Å². The molecule has 2 atom stereocenters. The lowest BCUT2D eigenvalue weighted by Gasteiger charge is -2.19. The quantitative estimate of drug-likeness (QED) is 0.340. The van der Waals surface area contributed by atoms with E-state index in [1.165, 1.54) is 25.7 Å². The van der Waals surface area contributed by atoms with E-state index in [0.29, 0.717) is 12.8 Å². The van der Waals surface area contributed by atoms with E-state index in [2.05, 4.69) is 12.2 Å². The van der Waals surface area contributed by atoms with Gasteiger partial charge < -0.3 is 15.3 Å². The van der Waals surface area contributed by atoms with Gasteiger partial charge in [0.2, 0.25) is 0 Å². The zero-order chi connectivity index (χ0) is 17.7. The zero-order valence-corrected chi connectivity index (χ0v) is 13.8. The molecular weight excluding hydrogens is 302 g/mol. The number of carboxylic acid groups (broad SMARTS) is 3. The highest BCUT2D eigenvalue weighted by Crippen LogP contribution is 2.11. The van der Waals surface area contributed by atoms with Gasteiger partial charge in [0.15, 0.2) is 0 Å². The minimum atomic E-state index is -1.39. The van der Waals surface area contributed by atoms with Gasteiger partial charge in [-0.25, -0.2) is 0 Å². The number of unbranched alkanes of at least 4 members (excludes halogenated alkanes) is 7. The van der Waals surface area contributed by atoms with Crippen LogP contribution in [0, 0.1) is 0 Å². The largest absolute Gasteiger partial charge is 0.481 e. The third-order valence-corrected chi connectivity index (χ3v) is 3.72. The summed E-state index contributed by atoms with van der Waals surface area (Å²) in [6.45, 7) is 2.16. The molecule has 0 aliphatic rings. The van der Waals surface area contributed by atoms with Crippen molar-refractivity contribution in [2.24, 2.45) is 0 Å². The molecule has 0 heterocycles. The number of nitrogens with one attached hydrogen (secondary N) is 1. The van der Waals surface area contributed by atoms with Crippen molar-refractivity contribution in [3.05, 3.63) is 0 Å².